The molecular weight excluding hydrogens is 188 g/mol. The zero-order valence-electron chi connectivity index (χ0n) is 10.4. The first-order chi connectivity index (χ1) is 7.04. The molecule has 88 valence electrons. The lowest BCUT2D eigenvalue weighted by Crippen LogP contribution is -2.33. The third-order valence-corrected chi connectivity index (χ3v) is 3.27. The normalized spacial score (nSPS) is 23.9. The molecule has 3 heteroatoms. The molecule has 1 heterocycles. The van der Waals surface area contributed by atoms with E-state index in [2.05, 4.69) is 26.1 Å². The van der Waals surface area contributed by atoms with Gasteiger partial charge in [-0.3, -0.25) is 4.79 Å². The van der Waals surface area contributed by atoms with Crippen molar-refractivity contribution in [2.24, 2.45) is 17.8 Å². The van der Waals surface area contributed by atoms with Gasteiger partial charge < -0.3 is 10.2 Å². The first-order valence-electron chi connectivity index (χ1n) is 5.97. The molecule has 0 bridgehead atoms. The second-order valence-electron chi connectivity index (χ2n) is 5.17. The Kier molecular flexibility index (Phi) is 4.58. The number of rotatable bonds is 5. The van der Waals surface area contributed by atoms with Crippen LogP contribution in [0.1, 0.15) is 27.2 Å². The molecule has 1 fully saturated rings. The third kappa shape index (κ3) is 3.49. The number of hydrogen-bond acceptors (Lipinski definition) is 2. The Morgan fingerprint density at radius 2 is 2.13 bits per heavy atom. The van der Waals surface area contributed by atoms with E-state index in [1.807, 2.05) is 11.9 Å². The Morgan fingerprint density at radius 3 is 2.60 bits per heavy atom. The molecule has 1 rings (SSSR count). The minimum absolute atomic E-state index is 0.344. The molecule has 0 aromatic carbocycles. The fourth-order valence-corrected chi connectivity index (χ4v) is 2.21. The van der Waals surface area contributed by atoms with Crippen molar-refractivity contribution in [2.45, 2.75) is 27.2 Å². The maximum atomic E-state index is 11.7. The molecule has 0 radical (unpaired) electrons. The van der Waals surface area contributed by atoms with E-state index in [0.29, 0.717) is 23.7 Å². The van der Waals surface area contributed by atoms with Crippen LogP contribution in [-0.2, 0) is 4.79 Å². The Hall–Kier alpha value is -0.570. The monoisotopic (exact) mass is 212 g/mol. The van der Waals surface area contributed by atoms with Crippen LogP contribution >= 0.6 is 0 Å². The van der Waals surface area contributed by atoms with Gasteiger partial charge >= 0.3 is 0 Å². The molecule has 3 nitrogen and oxygen atoms in total. The Balaban J connectivity index is 2.40. The summed E-state index contributed by atoms with van der Waals surface area (Å²) in [6.07, 6.45) is 0.754. The van der Waals surface area contributed by atoms with Crippen LogP contribution in [-0.4, -0.2) is 37.5 Å². The maximum absolute atomic E-state index is 11.7. The molecule has 0 aliphatic carbocycles. The highest BCUT2D eigenvalue weighted by molar-refractivity contribution is 5.78. The van der Waals surface area contributed by atoms with Gasteiger partial charge in [-0.2, -0.15) is 0 Å². The smallest absolute Gasteiger partial charge is 0.222 e. The number of hydrogen-bond donors (Lipinski definition) is 1. The molecule has 1 aliphatic heterocycles. The van der Waals surface area contributed by atoms with Crippen LogP contribution in [0, 0.1) is 17.8 Å². The van der Waals surface area contributed by atoms with Gasteiger partial charge in [-0.05, 0) is 31.3 Å². The Bertz CT molecular complexity index is 216. The molecule has 2 atom stereocenters. The number of nitrogens with zero attached hydrogens (tertiary/aromatic N) is 1. The summed E-state index contributed by atoms with van der Waals surface area (Å²) in [6.45, 7) is 9.45. The fourth-order valence-electron chi connectivity index (χ4n) is 2.21. The lowest BCUT2D eigenvalue weighted by Gasteiger charge is -2.21. The van der Waals surface area contributed by atoms with Crippen LogP contribution in [0.2, 0.25) is 0 Å². The van der Waals surface area contributed by atoms with E-state index < -0.39 is 0 Å². The summed E-state index contributed by atoms with van der Waals surface area (Å²) in [5, 5.41) is 3.15. The molecule has 15 heavy (non-hydrogen) atoms. The average Bonchev–Trinajstić information content (AvgIpc) is 2.48. The zero-order chi connectivity index (χ0) is 11.4. The number of carbonyl (C=O) groups is 1. The van der Waals surface area contributed by atoms with E-state index in [4.69, 9.17) is 0 Å². The highest BCUT2D eigenvalue weighted by Crippen LogP contribution is 2.25. The minimum Gasteiger partial charge on any atom is -0.342 e. The van der Waals surface area contributed by atoms with Crippen LogP contribution in [0.25, 0.3) is 0 Å². The summed E-state index contributed by atoms with van der Waals surface area (Å²) in [7, 11) is 1.96. The summed E-state index contributed by atoms with van der Waals surface area (Å²) in [6, 6.07) is 0. The Labute approximate surface area is 93.2 Å². The van der Waals surface area contributed by atoms with Crippen LogP contribution < -0.4 is 5.32 Å². The lowest BCUT2D eigenvalue weighted by atomic mass is 9.95. The van der Waals surface area contributed by atoms with Gasteiger partial charge in [0, 0.05) is 19.5 Å². The molecule has 0 spiro atoms. The van der Waals surface area contributed by atoms with Crippen LogP contribution in [0.3, 0.4) is 0 Å². The second kappa shape index (κ2) is 5.50. The highest BCUT2D eigenvalue weighted by Gasteiger charge is 2.31. The quantitative estimate of drug-likeness (QED) is 0.746. The van der Waals surface area contributed by atoms with Crippen molar-refractivity contribution in [3.05, 3.63) is 0 Å². The molecule has 1 N–H and O–H groups in total. The van der Waals surface area contributed by atoms with Crippen molar-refractivity contribution in [1.82, 2.24) is 10.2 Å². The van der Waals surface area contributed by atoms with Crippen molar-refractivity contribution < 1.29 is 4.79 Å². The van der Waals surface area contributed by atoms with Gasteiger partial charge in [0.25, 0.3) is 0 Å². The number of amides is 1. The molecule has 1 saturated heterocycles. The lowest BCUT2D eigenvalue weighted by molar-refractivity contribution is -0.128. The van der Waals surface area contributed by atoms with E-state index >= 15 is 0 Å². The average molecular weight is 212 g/mol. The molecule has 1 amide bonds. The van der Waals surface area contributed by atoms with Crippen molar-refractivity contribution in [1.29, 1.82) is 0 Å². The van der Waals surface area contributed by atoms with Crippen molar-refractivity contribution >= 4 is 5.91 Å². The number of nitrogens with one attached hydrogen (secondary N) is 1. The molecule has 0 aromatic rings. The summed E-state index contributed by atoms with van der Waals surface area (Å²) in [5.41, 5.74) is 0. The first-order valence-corrected chi connectivity index (χ1v) is 5.97. The first kappa shape index (κ1) is 12.5. The maximum Gasteiger partial charge on any atom is 0.222 e. The van der Waals surface area contributed by atoms with Gasteiger partial charge in [0.1, 0.15) is 0 Å². The topological polar surface area (TPSA) is 32.3 Å². The largest absolute Gasteiger partial charge is 0.342 e. The van der Waals surface area contributed by atoms with E-state index in [1.165, 1.54) is 0 Å². The van der Waals surface area contributed by atoms with Gasteiger partial charge in [-0.25, -0.2) is 0 Å². The van der Waals surface area contributed by atoms with E-state index in [0.717, 1.165) is 26.1 Å². The van der Waals surface area contributed by atoms with Crippen molar-refractivity contribution in [3.8, 4) is 0 Å². The zero-order valence-corrected chi connectivity index (χ0v) is 10.4. The fraction of sp³-hybridized carbons (Fsp3) is 0.917. The van der Waals surface area contributed by atoms with Crippen molar-refractivity contribution in [3.63, 3.8) is 0 Å². The SMILES string of the molecule is CNCC(C)CN1CC(C(C)C)CC1=O. The molecular formula is C12H24N2O. The molecule has 0 saturated carbocycles. The van der Waals surface area contributed by atoms with Crippen LogP contribution in [0.4, 0.5) is 0 Å². The summed E-state index contributed by atoms with van der Waals surface area (Å²) >= 11 is 0. The number of likely N-dealkylation sites (tertiary alicyclic amines) is 1. The Morgan fingerprint density at radius 1 is 1.47 bits per heavy atom. The van der Waals surface area contributed by atoms with E-state index in [9.17, 15) is 4.79 Å². The highest BCUT2D eigenvalue weighted by atomic mass is 16.2. The van der Waals surface area contributed by atoms with Gasteiger partial charge in [0.2, 0.25) is 5.91 Å². The second-order valence-corrected chi connectivity index (χ2v) is 5.17. The molecule has 1 aliphatic rings. The van der Waals surface area contributed by atoms with Crippen LogP contribution in [0.5, 0.6) is 0 Å². The summed E-state index contributed by atoms with van der Waals surface area (Å²) in [5.74, 6) is 2.08. The van der Waals surface area contributed by atoms with Gasteiger partial charge in [0.05, 0.1) is 0 Å². The third-order valence-electron chi connectivity index (χ3n) is 3.27. The number of carbonyl (C=O) groups excluding carboxylic acids is 1. The van der Waals surface area contributed by atoms with Gasteiger partial charge in [-0.15, -0.1) is 0 Å². The summed E-state index contributed by atoms with van der Waals surface area (Å²) < 4.78 is 0. The minimum atomic E-state index is 0.344. The predicted molar refractivity (Wildman–Crippen MR) is 62.6 cm³/mol. The summed E-state index contributed by atoms with van der Waals surface area (Å²) in [4.78, 5) is 13.8. The molecule has 2 unspecified atom stereocenters. The van der Waals surface area contributed by atoms with E-state index in [-0.39, 0.29) is 0 Å². The standard InChI is InChI=1S/C12H24N2O/c1-9(2)11-5-12(15)14(8-11)7-10(3)6-13-4/h9-11,13H,5-8H2,1-4H3. The van der Waals surface area contributed by atoms with Gasteiger partial charge in [-0.1, -0.05) is 20.8 Å². The molecule has 0 aromatic heterocycles. The predicted octanol–water partition coefficient (Wildman–Crippen LogP) is 1.35. The van der Waals surface area contributed by atoms with Crippen LogP contribution in [0.15, 0.2) is 0 Å². The van der Waals surface area contributed by atoms with Gasteiger partial charge in [0.15, 0.2) is 0 Å². The van der Waals surface area contributed by atoms with E-state index in [1.54, 1.807) is 0 Å². The van der Waals surface area contributed by atoms with Crippen molar-refractivity contribution in [2.75, 3.05) is 26.7 Å².